The number of pyridine rings is 1. The van der Waals surface area contributed by atoms with E-state index < -0.39 is 0 Å². The number of carbonyl (C=O) groups is 1. The van der Waals surface area contributed by atoms with Crippen LogP contribution >= 0.6 is 0 Å². The zero-order valence-corrected chi connectivity index (χ0v) is 12.4. The Labute approximate surface area is 128 Å². The van der Waals surface area contributed by atoms with Crippen LogP contribution in [0.2, 0.25) is 0 Å². The van der Waals surface area contributed by atoms with Crippen molar-refractivity contribution in [3.05, 3.63) is 54.4 Å². The van der Waals surface area contributed by atoms with Gasteiger partial charge in [-0.2, -0.15) is 0 Å². The van der Waals surface area contributed by atoms with Crippen molar-refractivity contribution in [3.8, 4) is 11.3 Å². The Morgan fingerprint density at radius 1 is 1.27 bits per heavy atom. The van der Waals surface area contributed by atoms with E-state index in [1.807, 2.05) is 60.1 Å². The summed E-state index contributed by atoms with van der Waals surface area (Å²) in [5.74, 6) is 0.341. The number of anilines is 1. The molecular formula is C18H17N3O. The second kappa shape index (κ2) is 4.98. The highest BCUT2D eigenvalue weighted by atomic mass is 16.2. The van der Waals surface area contributed by atoms with Crippen molar-refractivity contribution in [2.75, 3.05) is 5.32 Å². The molecule has 4 nitrogen and oxygen atoms in total. The van der Waals surface area contributed by atoms with E-state index in [9.17, 15) is 4.79 Å². The van der Waals surface area contributed by atoms with Gasteiger partial charge in [0.2, 0.25) is 5.91 Å². The number of aromatic nitrogens is 2. The number of amides is 1. The van der Waals surface area contributed by atoms with Crippen molar-refractivity contribution in [1.29, 1.82) is 0 Å². The first-order chi connectivity index (χ1) is 10.7. The van der Waals surface area contributed by atoms with Crippen molar-refractivity contribution < 1.29 is 4.79 Å². The quantitative estimate of drug-likeness (QED) is 0.800. The molecule has 0 radical (unpaired) electrons. The minimum Gasteiger partial charge on any atom is -0.326 e. The van der Waals surface area contributed by atoms with Crippen molar-refractivity contribution in [3.63, 3.8) is 0 Å². The number of benzene rings is 1. The molecule has 4 heteroatoms. The predicted octanol–water partition coefficient (Wildman–Crippen LogP) is 3.66. The number of aryl methyl sites for hydroxylation is 1. The Morgan fingerprint density at radius 3 is 2.91 bits per heavy atom. The summed E-state index contributed by atoms with van der Waals surface area (Å²) in [4.78, 5) is 16.6. The molecule has 1 amide bonds. The molecule has 1 aliphatic carbocycles. The molecule has 0 aliphatic heterocycles. The number of hydrogen-bond acceptors (Lipinski definition) is 2. The molecule has 0 atom stereocenters. The molecular weight excluding hydrogens is 274 g/mol. The highest BCUT2D eigenvalue weighted by molar-refractivity contribution is 5.95. The summed E-state index contributed by atoms with van der Waals surface area (Å²) >= 11 is 0. The van der Waals surface area contributed by atoms with E-state index in [2.05, 4.69) is 10.3 Å². The number of nitrogens with one attached hydrogen (secondary N) is 1. The summed E-state index contributed by atoms with van der Waals surface area (Å²) < 4.78 is 2.00. The number of imidazole rings is 1. The lowest BCUT2D eigenvalue weighted by Crippen LogP contribution is -2.14. The van der Waals surface area contributed by atoms with Crippen molar-refractivity contribution in [1.82, 2.24) is 9.38 Å². The van der Waals surface area contributed by atoms with Gasteiger partial charge in [0.25, 0.3) is 0 Å². The van der Waals surface area contributed by atoms with Gasteiger partial charge in [0, 0.05) is 29.6 Å². The third kappa shape index (κ3) is 2.37. The van der Waals surface area contributed by atoms with Gasteiger partial charge in [0.1, 0.15) is 5.65 Å². The predicted molar refractivity (Wildman–Crippen MR) is 86.7 cm³/mol. The third-order valence-corrected chi connectivity index (χ3v) is 4.10. The maximum absolute atomic E-state index is 12.0. The molecule has 0 unspecified atom stereocenters. The van der Waals surface area contributed by atoms with E-state index >= 15 is 0 Å². The van der Waals surface area contributed by atoms with Crippen LogP contribution < -0.4 is 5.32 Å². The van der Waals surface area contributed by atoms with Crippen molar-refractivity contribution in [2.45, 2.75) is 19.8 Å². The molecule has 1 aliphatic rings. The zero-order valence-electron chi connectivity index (χ0n) is 12.4. The summed E-state index contributed by atoms with van der Waals surface area (Å²) in [5, 5.41) is 3.04. The summed E-state index contributed by atoms with van der Waals surface area (Å²) in [5.41, 5.74) is 4.79. The maximum Gasteiger partial charge on any atom is 0.227 e. The van der Waals surface area contributed by atoms with Gasteiger partial charge in [-0.15, -0.1) is 0 Å². The normalized spacial score (nSPS) is 14.2. The molecule has 1 saturated carbocycles. The molecule has 22 heavy (non-hydrogen) atoms. The summed E-state index contributed by atoms with van der Waals surface area (Å²) in [7, 11) is 0. The van der Waals surface area contributed by atoms with Crippen molar-refractivity contribution in [2.24, 2.45) is 5.92 Å². The molecule has 0 saturated heterocycles. The standard InChI is InChI=1S/C18H17N3O/c1-12-5-6-14(10-15(12)20-18(22)13-7-8-13)16-11-21-9-3-2-4-17(21)19-16/h2-6,9-11,13H,7-8H2,1H3,(H,20,22). The minimum atomic E-state index is 0.134. The molecule has 110 valence electrons. The maximum atomic E-state index is 12.0. The topological polar surface area (TPSA) is 46.4 Å². The fraction of sp³-hybridized carbons (Fsp3) is 0.222. The molecule has 4 rings (SSSR count). The SMILES string of the molecule is Cc1ccc(-c2cn3ccccc3n2)cc1NC(=O)C1CC1. The summed E-state index contributed by atoms with van der Waals surface area (Å²) in [6.45, 7) is 2.01. The molecule has 1 fully saturated rings. The van der Waals surface area contributed by atoms with E-state index in [0.29, 0.717) is 0 Å². The Bertz CT molecular complexity index is 829. The number of fused-ring (bicyclic) bond motifs is 1. The van der Waals surface area contributed by atoms with Gasteiger partial charge in [-0.25, -0.2) is 4.98 Å². The van der Waals surface area contributed by atoms with Crippen LogP contribution in [0.4, 0.5) is 5.69 Å². The Hall–Kier alpha value is -2.62. The lowest BCUT2D eigenvalue weighted by Gasteiger charge is -2.09. The van der Waals surface area contributed by atoms with Crippen LogP contribution in [0.1, 0.15) is 18.4 Å². The second-order valence-corrected chi connectivity index (χ2v) is 5.89. The molecule has 1 aromatic carbocycles. The largest absolute Gasteiger partial charge is 0.326 e. The Balaban J connectivity index is 1.70. The highest BCUT2D eigenvalue weighted by Gasteiger charge is 2.29. The Kier molecular flexibility index (Phi) is 2.96. The van der Waals surface area contributed by atoms with E-state index in [-0.39, 0.29) is 11.8 Å². The zero-order chi connectivity index (χ0) is 15.1. The summed E-state index contributed by atoms with van der Waals surface area (Å²) in [6, 6.07) is 12.0. The highest BCUT2D eigenvalue weighted by Crippen LogP contribution is 2.31. The number of rotatable bonds is 3. The minimum absolute atomic E-state index is 0.134. The van der Waals surface area contributed by atoms with Crippen LogP contribution in [0.25, 0.3) is 16.9 Å². The fourth-order valence-electron chi connectivity index (χ4n) is 2.57. The lowest BCUT2D eigenvalue weighted by atomic mass is 10.1. The van der Waals surface area contributed by atoms with Gasteiger partial charge in [-0.05, 0) is 43.5 Å². The average molecular weight is 291 g/mol. The van der Waals surface area contributed by atoms with Crippen LogP contribution in [-0.4, -0.2) is 15.3 Å². The van der Waals surface area contributed by atoms with E-state index in [4.69, 9.17) is 0 Å². The van der Waals surface area contributed by atoms with Crippen LogP contribution in [-0.2, 0) is 4.79 Å². The Morgan fingerprint density at radius 2 is 2.14 bits per heavy atom. The third-order valence-electron chi connectivity index (χ3n) is 4.10. The monoisotopic (exact) mass is 291 g/mol. The van der Waals surface area contributed by atoms with Crippen LogP contribution in [0.3, 0.4) is 0 Å². The molecule has 2 heterocycles. The first-order valence-corrected chi connectivity index (χ1v) is 7.56. The molecule has 1 N–H and O–H groups in total. The van der Waals surface area contributed by atoms with Gasteiger partial charge in [-0.1, -0.05) is 18.2 Å². The van der Waals surface area contributed by atoms with Crippen LogP contribution in [0.15, 0.2) is 48.8 Å². The molecule has 2 aromatic heterocycles. The van der Waals surface area contributed by atoms with Crippen LogP contribution in [0, 0.1) is 12.8 Å². The first kappa shape index (κ1) is 13.1. The smallest absolute Gasteiger partial charge is 0.227 e. The van der Waals surface area contributed by atoms with Crippen molar-refractivity contribution >= 4 is 17.2 Å². The fourth-order valence-corrected chi connectivity index (χ4v) is 2.57. The van der Waals surface area contributed by atoms with Crippen LogP contribution in [0.5, 0.6) is 0 Å². The lowest BCUT2D eigenvalue weighted by molar-refractivity contribution is -0.117. The number of hydrogen-bond donors (Lipinski definition) is 1. The van der Waals surface area contributed by atoms with E-state index in [1.165, 1.54) is 0 Å². The average Bonchev–Trinajstić information content (AvgIpc) is 3.28. The summed E-state index contributed by atoms with van der Waals surface area (Å²) in [6.07, 6.45) is 6.01. The number of carbonyl (C=O) groups excluding carboxylic acids is 1. The van der Waals surface area contributed by atoms with Gasteiger partial charge < -0.3 is 9.72 Å². The van der Waals surface area contributed by atoms with Gasteiger partial charge in [-0.3, -0.25) is 4.79 Å². The first-order valence-electron chi connectivity index (χ1n) is 7.56. The number of nitrogens with zero attached hydrogens (tertiary/aromatic N) is 2. The van der Waals surface area contributed by atoms with Gasteiger partial charge in [0.05, 0.1) is 5.69 Å². The van der Waals surface area contributed by atoms with E-state index in [1.54, 1.807) is 0 Å². The molecule has 0 spiro atoms. The van der Waals surface area contributed by atoms with E-state index in [0.717, 1.165) is 41.0 Å². The van der Waals surface area contributed by atoms with Gasteiger partial charge in [0.15, 0.2) is 0 Å². The van der Waals surface area contributed by atoms with Gasteiger partial charge >= 0.3 is 0 Å². The second-order valence-electron chi connectivity index (χ2n) is 5.89. The molecule has 0 bridgehead atoms. The molecule has 3 aromatic rings.